The summed E-state index contributed by atoms with van der Waals surface area (Å²) in [4.78, 5) is 78.3. The van der Waals surface area contributed by atoms with Crippen molar-refractivity contribution in [3.05, 3.63) is 245 Å². The van der Waals surface area contributed by atoms with Crippen LogP contribution >= 0.6 is 34.8 Å². The van der Waals surface area contributed by atoms with Crippen LogP contribution in [0.5, 0.6) is 0 Å². The van der Waals surface area contributed by atoms with Crippen LogP contribution in [-0.4, -0.2) is 202 Å². The highest BCUT2D eigenvalue weighted by Gasteiger charge is 2.45. The minimum atomic E-state index is -1.35. The Balaban J connectivity index is 0.000000152. The third-order valence-electron chi connectivity index (χ3n) is 22.8. The summed E-state index contributed by atoms with van der Waals surface area (Å²) >= 11 is 19.7. The highest BCUT2D eigenvalue weighted by Crippen LogP contribution is 2.51. The number of benzene rings is 3. The number of aromatic nitrogens is 9. The van der Waals surface area contributed by atoms with Crippen LogP contribution in [-0.2, 0) is 52.2 Å². The Labute approximate surface area is 701 Å². The third kappa shape index (κ3) is 17.9. The van der Waals surface area contributed by atoms with Gasteiger partial charge in [-0.15, -0.1) is 0 Å². The average molecular weight is 1650 g/mol. The van der Waals surface area contributed by atoms with Gasteiger partial charge in [-0.1, -0.05) is 71.2 Å². The minimum absolute atomic E-state index is 0.188. The van der Waals surface area contributed by atoms with Crippen molar-refractivity contribution in [1.82, 2.24) is 73.0 Å². The molecule has 0 radical (unpaired) electrons. The molecule has 0 bridgehead atoms. The predicted octanol–water partition coefficient (Wildman–Crippen LogP) is 15.5. The van der Waals surface area contributed by atoms with Gasteiger partial charge >= 0.3 is 18.3 Å². The lowest BCUT2D eigenvalue weighted by Gasteiger charge is -2.40. The van der Waals surface area contributed by atoms with Crippen LogP contribution in [0.15, 0.2) is 128 Å². The van der Waals surface area contributed by atoms with E-state index in [1.54, 1.807) is 72.7 Å². The van der Waals surface area contributed by atoms with Crippen LogP contribution < -0.4 is 0 Å². The molecule has 117 heavy (non-hydrogen) atoms. The van der Waals surface area contributed by atoms with Crippen LogP contribution in [0.25, 0.3) is 34.9 Å². The maximum Gasteiger partial charge on any atom is 0.410 e. The molecule has 3 amide bonds. The van der Waals surface area contributed by atoms with Crippen molar-refractivity contribution < 1.29 is 43.9 Å². The first-order valence-electron chi connectivity index (χ1n) is 39.8. The zero-order chi connectivity index (χ0) is 84.3. The Bertz CT molecular complexity index is 4810. The fourth-order valence-electron chi connectivity index (χ4n) is 16.5. The Morgan fingerprint density at radius 1 is 0.368 bits per heavy atom. The van der Waals surface area contributed by atoms with E-state index in [2.05, 4.69) is 29.7 Å². The summed E-state index contributed by atoms with van der Waals surface area (Å²) in [6.45, 7) is 35.2. The number of rotatable bonds is 9. The first kappa shape index (κ1) is 85.3. The van der Waals surface area contributed by atoms with E-state index in [1.807, 2.05) is 227 Å². The van der Waals surface area contributed by atoms with Gasteiger partial charge in [0.15, 0.2) is 0 Å². The molecule has 9 aromatic rings. The molecule has 3 aliphatic heterocycles. The molecule has 3 fully saturated rings. The van der Waals surface area contributed by atoms with Gasteiger partial charge in [0.25, 0.3) is 0 Å². The zero-order valence-electron chi connectivity index (χ0n) is 70.2. The number of fused-ring (bicyclic) bond motifs is 6. The Morgan fingerprint density at radius 3 is 0.821 bits per heavy atom. The van der Waals surface area contributed by atoms with Crippen LogP contribution in [0, 0.1) is 20.8 Å². The van der Waals surface area contributed by atoms with Crippen LogP contribution in [0.3, 0.4) is 0 Å². The molecule has 24 nitrogen and oxygen atoms in total. The molecule has 3 aliphatic carbocycles. The van der Waals surface area contributed by atoms with E-state index >= 15 is 0 Å². The summed E-state index contributed by atoms with van der Waals surface area (Å²) in [6, 6.07) is 28.8. The Kier molecular flexibility index (Phi) is 24.3. The number of amides is 3. The number of carbonyl (C=O) groups excluding carboxylic acids is 3. The van der Waals surface area contributed by atoms with Gasteiger partial charge in [-0.3, -0.25) is 29.7 Å². The third-order valence-corrected chi connectivity index (χ3v) is 23.5. The van der Waals surface area contributed by atoms with Crippen molar-refractivity contribution in [3.8, 4) is 0 Å². The molecule has 0 saturated carbocycles. The molecule has 618 valence electrons. The highest BCUT2D eigenvalue weighted by molar-refractivity contribution is 6.31. The molecule has 3 unspecified atom stereocenters. The van der Waals surface area contributed by atoms with Crippen molar-refractivity contribution in [2.45, 2.75) is 156 Å². The van der Waals surface area contributed by atoms with Crippen molar-refractivity contribution in [1.29, 1.82) is 0 Å². The van der Waals surface area contributed by atoms with Crippen LogP contribution in [0.4, 0.5) is 14.4 Å². The molecule has 6 aliphatic rings. The first-order valence-corrected chi connectivity index (χ1v) is 40.9. The van der Waals surface area contributed by atoms with Gasteiger partial charge in [0.2, 0.25) is 0 Å². The van der Waals surface area contributed by atoms with Gasteiger partial charge in [0.05, 0.1) is 70.9 Å². The van der Waals surface area contributed by atoms with Crippen molar-refractivity contribution >= 4 is 88.0 Å². The minimum Gasteiger partial charge on any atom is -0.444 e. The normalized spacial score (nSPS) is 19.4. The van der Waals surface area contributed by atoms with E-state index in [0.29, 0.717) is 111 Å². The maximum absolute atomic E-state index is 12.7. The standard InChI is InChI=1S/3C30H36ClN5O3/c3*1-19-33-18-25(34(19)6)30(5,38)24-16-20-8-7-11-32-26(20)27(22-10-9-21(31)17-23(22)24)35-12-14-36(15-13-35)28(37)39-29(2,3)4/h3*7-11,16-18,27,38H,12-15H2,1-6H3/t3*27-,30?/m000/s1. The smallest absolute Gasteiger partial charge is 0.410 e. The summed E-state index contributed by atoms with van der Waals surface area (Å²) in [5, 5.41) is 38.1. The van der Waals surface area contributed by atoms with E-state index in [0.717, 1.165) is 101 Å². The zero-order valence-corrected chi connectivity index (χ0v) is 72.5. The first-order chi connectivity index (χ1) is 55.1. The van der Waals surface area contributed by atoms with Gasteiger partial charge in [0.1, 0.15) is 51.1 Å². The second-order valence-electron chi connectivity index (χ2n) is 34.5. The van der Waals surface area contributed by atoms with Gasteiger partial charge in [-0.25, -0.2) is 29.3 Å². The summed E-state index contributed by atoms with van der Waals surface area (Å²) in [6.07, 6.45) is 15.8. The lowest BCUT2D eigenvalue weighted by atomic mass is 9.84. The van der Waals surface area contributed by atoms with E-state index in [9.17, 15) is 29.7 Å². The highest BCUT2D eigenvalue weighted by atomic mass is 35.5. The average Bonchev–Trinajstić information content (AvgIpc) is 1.62. The summed E-state index contributed by atoms with van der Waals surface area (Å²) in [5.74, 6) is 2.44. The fourth-order valence-corrected chi connectivity index (χ4v) is 17.1. The quantitative estimate of drug-likeness (QED) is 0.114. The van der Waals surface area contributed by atoms with Gasteiger partial charge in [-0.2, -0.15) is 0 Å². The number of aryl methyl sites for hydroxylation is 3. The second-order valence-corrected chi connectivity index (χ2v) is 35.8. The summed E-state index contributed by atoms with van der Waals surface area (Å²) in [7, 11) is 5.72. The molecule has 15 rings (SSSR count). The molecular formula is C90H108Cl3N15O9. The topological polar surface area (TPSA) is 251 Å². The summed E-state index contributed by atoms with van der Waals surface area (Å²) < 4.78 is 22.6. The van der Waals surface area contributed by atoms with E-state index in [4.69, 9.17) is 64.0 Å². The summed E-state index contributed by atoms with van der Waals surface area (Å²) in [5.41, 5.74) is 9.67. The second kappa shape index (κ2) is 33.3. The fraction of sp³-hybridized carbons (Fsp3) is 0.433. The van der Waals surface area contributed by atoms with Gasteiger partial charge in [0, 0.05) is 133 Å². The molecule has 6 aromatic heterocycles. The molecule has 3 saturated heterocycles. The predicted molar refractivity (Wildman–Crippen MR) is 457 cm³/mol. The molecule has 27 heteroatoms. The van der Waals surface area contributed by atoms with Crippen molar-refractivity contribution in [3.63, 3.8) is 0 Å². The van der Waals surface area contributed by atoms with Gasteiger partial charge in [-0.05, 0) is 243 Å². The lowest BCUT2D eigenvalue weighted by Crippen LogP contribution is -2.51. The SMILES string of the molecule is Cc1ncc(C(C)(O)C2=Cc3cccnc3[C@@H](N3CCN(C(=O)OC(C)(C)C)CC3)c3ccc(Cl)cc32)n1C.Cc1ncc(C(C)(O)C2=Cc3cccnc3[C@@H](N3CCN(C(=O)OC(C)(C)C)CC3)c3ccc(Cl)cc32)n1C.Cc1ncc(C(C)(O)C2=Cc3cccnc3[C@@H](N3CCN(C(=O)OC(C)(C)C)CC3)c3ccc(Cl)cc32)n1C. The molecule has 0 spiro atoms. The van der Waals surface area contributed by atoms with E-state index in [1.165, 1.54) is 0 Å². The van der Waals surface area contributed by atoms with Crippen molar-refractivity contribution in [2.75, 3.05) is 78.5 Å². The number of hydrogen-bond acceptors (Lipinski definition) is 18. The van der Waals surface area contributed by atoms with E-state index in [-0.39, 0.29) is 36.4 Å². The number of aliphatic hydroxyl groups is 3. The number of pyridine rings is 3. The molecule has 3 aromatic carbocycles. The number of piperazine rings is 3. The monoisotopic (exact) mass is 1650 g/mol. The maximum atomic E-state index is 12.7. The number of imidazole rings is 3. The van der Waals surface area contributed by atoms with Crippen LogP contribution in [0.1, 0.15) is 203 Å². The number of ether oxygens (including phenoxy) is 3. The largest absolute Gasteiger partial charge is 0.444 e. The number of carbonyl (C=O) groups is 3. The van der Waals surface area contributed by atoms with Crippen molar-refractivity contribution in [2.24, 2.45) is 21.1 Å². The van der Waals surface area contributed by atoms with E-state index < -0.39 is 33.6 Å². The van der Waals surface area contributed by atoms with Gasteiger partial charge < -0.3 is 57.9 Å². The molecule has 3 N–H and O–H groups in total. The Morgan fingerprint density at radius 2 is 0.607 bits per heavy atom. The molecule has 6 atom stereocenters. The molecule has 9 heterocycles. The number of halogens is 3. The lowest BCUT2D eigenvalue weighted by molar-refractivity contribution is 0.0108. The Hall–Kier alpha value is -9.60. The number of nitrogens with zero attached hydrogens (tertiary/aromatic N) is 15. The molecular weight excluding hydrogens is 1540 g/mol. The number of hydrogen-bond donors (Lipinski definition) is 3. The van der Waals surface area contributed by atoms with Crippen LogP contribution in [0.2, 0.25) is 15.1 Å².